The van der Waals surface area contributed by atoms with E-state index in [1.54, 1.807) is 0 Å². The van der Waals surface area contributed by atoms with E-state index in [4.69, 9.17) is 0 Å². The molecule has 19 heavy (non-hydrogen) atoms. The molecule has 1 aromatic rings. The van der Waals surface area contributed by atoms with Crippen LogP contribution >= 0.6 is 0 Å². The molecular formula is C16H27N3. The predicted octanol–water partition coefficient (Wildman–Crippen LogP) is 2.68. The zero-order chi connectivity index (χ0) is 13.7. The molecule has 106 valence electrons. The molecule has 1 aliphatic carbocycles. The Hall–Kier alpha value is -0.930. The second-order valence-corrected chi connectivity index (χ2v) is 5.78. The van der Waals surface area contributed by atoms with E-state index in [2.05, 4.69) is 48.1 Å². The smallest absolute Gasteiger partial charge is 0.0544 e. The lowest BCUT2D eigenvalue weighted by Gasteiger charge is -2.32. The molecule has 0 amide bonds. The highest BCUT2D eigenvalue weighted by molar-refractivity contribution is 5.03. The standard InChI is InChI=1S/C16H27N3/c1-4-19(12-16-7-5-6-10-17-16)14(3)13(2)11-18-15-8-9-15/h5-7,10,13-15,18H,4,8-9,11-12H2,1-3H3. The minimum atomic E-state index is 0.582. The Balaban J connectivity index is 1.84. The van der Waals surface area contributed by atoms with Gasteiger partial charge in [-0.15, -0.1) is 0 Å². The summed E-state index contributed by atoms with van der Waals surface area (Å²) in [6.45, 7) is 10.1. The quantitative estimate of drug-likeness (QED) is 0.780. The van der Waals surface area contributed by atoms with Gasteiger partial charge in [-0.05, 0) is 50.9 Å². The second-order valence-electron chi connectivity index (χ2n) is 5.78. The van der Waals surface area contributed by atoms with Gasteiger partial charge in [-0.3, -0.25) is 9.88 Å². The molecule has 1 aliphatic rings. The van der Waals surface area contributed by atoms with Crippen LogP contribution in [0, 0.1) is 5.92 Å². The van der Waals surface area contributed by atoms with Gasteiger partial charge in [0.25, 0.3) is 0 Å². The van der Waals surface area contributed by atoms with E-state index >= 15 is 0 Å². The second kappa shape index (κ2) is 7.01. The van der Waals surface area contributed by atoms with Crippen molar-refractivity contribution in [2.75, 3.05) is 13.1 Å². The maximum Gasteiger partial charge on any atom is 0.0544 e. The number of pyridine rings is 1. The molecule has 3 nitrogen and oxygen atoms in total. The zero-order valence-electron chi connectivity index (χ0n) is 12.5. The molecule has 1 N–H and O–H groups in total. The zero-order valence-corrected chi connectivity index (χ0v) is 12.5. The summed E-state index contributed by atoms with van der Waals surface area (Å²) >= 11 is 0. The van der Waals surface area contributed by atoms with Crippen LogP contribution in [-0.2, 0) is 6.54 Å². The van der Waals surface area contributed by atoms with Gasteiger partial charge in [0.2, 0.25) is 0 Å². The van der Waals surface area contributed by atoms with Gasteiger partial charge in [0.05, 0.1) is 5.69 Å². The molecule has 2 atom stereocenters. The lowest BCUT2D eigenvalue weighted by Crippen LogP contribution is -2.41. The fraction of sp³-hybridized carbons (Fsp3) is 0.688. The first kappa shape index (κ1) is 14.5. The predicted molar refractivity (Wildman–Crippen MR) is 80.0 cm³/mol. The number of rotatable bonds is 8. The van der Waals surface area contributed by atoms with Crippen LogP contribution in [-0.4, -0.2) is 35.1 Å². The van der Waals surface area contributed by atoms with Crippen LogP contribution in [0.1, 0.15) is 39.3 Å². The minimum Gasteiger partial charge on any atom is -0.314 e. The summed E-state index contributed by atoms with van der Waals surface area (Å²) < 4.78 is 0. The normalized spacial score (nSPS) is 18.5. The van der Waals surface area contributed by atoms with Crippen LogP contribution in [0.3, 0.4) is 0 Å². The molecule has 0 radical (unpaired) electrons. The average Bonchev–Trinajstić information content (AvgIpc) is 3.26. The maximum atomic E-state index is 4.44. The molecule has 0 aromatic carbocycles. The molecule has 0 spiro atoms. The first-order chi connectivity index (χ1) is 9.20. The number of hydrogen-bond acceptors (Lipinski definition) is 3. The van der Waals surface area contributed by atoms with E-state index in [-0.39, 0.29) is 0 Å². The molecule has 1 fully saturated rings. The third-order valence-electron chi connectivity index (χ3n) is 4.20. The van der Waals surface area contributed by atoms with Gasteiger partial charge in [0.1, 0.15) is 0 Å². The molecule has 1 saturated carbocycles. The highest BCUT2D eigenvalue weighted by atomic mass is 15.2. The third-order valence-corrected chi connectivity index (χ3v) is 4.20. The van der Waals surface area contributed by atoms with E-state index in [0.29, 0.717) is 12.0 Å². The van der Waals surface area contributed by atoms with Crippen LogP contribution in [0.25, 0.3) is 0 Å². The van der Waals surface area contributed by atoms with Gasteiger partial charge < -0.3 is 5.32 Å². The lowest BCUT2D eigenvalue weighted by molar-refractivity contribution is 0.157. The summed E-state index contributed by atoms with van der Waals surface area (Å²) in [5, 5.41) is 3.64. The molecule has 2 unspecified atom stereocenters. The van der Waals surface area contributed by atoms with Crippen molar-refractivity contribution in [2.45, 2.75) is 52.2 Å². The Bertz CT molecular complexity index is 362. The van der Waals surface area contributed by atoms with Crippen LogP contribution < -0.4 is 5.32 Å². The lowest BCUT2D eigenvalue weighted by atomic mass is 10.0. The Kier molecular flexibility index (Phi) is 5.34. The van der Waals surface area contributed by atoms with E-state index in [1.807, 2.05) is 12.3 Å². The maximum absolute atomic E-state index is 4.44. The first-order valence-corrected chi connectivity index (χ1v) is 7.58. The summed E-state index contributed by atoms with van der Waals surface area (Å²) in [5.41, 5.74) is 1.17. The van der Waals surface area contributed by atoms with Crippen molar-refractivity contribution in [3.8, 4) is 0 Å². The molecule has 1 heterocycles. The SMILES string of the molecule is CCN(Cc1ccccn1)C(C)C(C)CNC1CC1. The Morgan fingerprint density at radius 1 is 1.37 bits per heavy atom. The monoisotopic (exact) mass is 261 g/mol. The van der Waals surface area contributed by atoms with Gasteiger partial charge in [-0.1, -0.05) is 19.9 Å². The van der Waals surface area contributed by atoms with Gasteiger partial charge in [0, 0.05) is 24.8 Å². The van der Waals surface area contributed by atoms with Crippen molar-refractivity contribution in [1.82, 2.24) is 15.2 Å². The van der Waals surface area contributed by atoms with Gasteiger partial charge in [-0.25, -0.2) is 0 Å². The van der Waals surface area contributed by atoms with E-state index in [9.17, 15) is 0 Å². The minimum absolute atomic E-state index is 0.582. The molecule has 0 bridgehead atoms. The van der Waals surface area contributed by atoms with Gasteiger partial charge in [-0.2, -0.15) is 0 Å². The highest BCUT2D eigenvalue weighted by Crippen LogP contribution is 2.20. The largest absolute Gasteiger partial charge is 0.314 e. The number of nitrogens with one attached hydrogen (secondary N) is 1. The van der Waals surface area contributed by atoms with Crippen molar-refractivity contribution >= 4 is 0 Å². The van der Waals surface area contributed by atoms with Gasteiger partial charge >= 0.3 is 0 Å². The number of aromatic nitrogens is 1. The van der Waals surface area contributed by atoms with Crippen LogP contribution in [0.4, 0.5) is 0 Å². The van der Waals surface area contributed by atoms with Gasteiger partial charge in [0.15, 0.2) is 0 Å². The molecule has 0 saturated heterocycles. The van der Waals surface area contributed by atoms with Crippen molar-refractivity contribution in [3.05, 3.63) is 30.1 Å². The molecule has 1 aromatic heterocycles. The van der Waals surface area contributed by atoms with Crippen LogP contribution in [0.15, 0.2) is 24.4 Å². The molecular weight excluding hydrogens is 234 g/mol. The Labute approximate surface area is 117 Å². The fourth-order valence-electron chi connectivity index (χ4n) is 2.41. The van der Waals surface area contributed by atoms with E-state index < -0.39 is 0 Å². The first-order valence-electron chi connectivity index (χ1n) is 7.58. The molecule has 2 rings (SSSR count). The van der Waals surface area contributed by atoms with Crippen molar-refractivity contribution in [2.24, 2.45) is 5.92 Å². The van der Waals surface area contributed by atoms with E-state index in [0.717, 1.165) is 25.7 Å². The number of hydrogen-bond donors (Lipinski definition) is 1. The summed E-state index contributed by atoms with van der Waals surface area (Å²) in [5.74, 6) is 0.671. The highest BCUT2D eigenvalue weighted by Gasteiger charge is 2.24. The Morgan fingerprint density at radius 2 is 2.16 bits per heavy atom. The van der Waals surface area contributed by atoms with E-state index in [1.165, 1.54) is 18.5 Å². The van der Waals surface area contributed by atoms with Crippen molar-refractivity contribution < 1.29 is 0 Å². The average molecular weight is 261 g/mol. The molecule has 0 aliphatic heterocycles. The number of nitrogens with zero attached hydrogens (tertiary/aromatic N) is 2. The molecule has 3 heteroatoms. The fourth-order valence-corrected chi connectivity index (χ4v) is 2.41. The third kappa shape index (κ3) is 4.59. The summed E-state index contributed by atoms with van der Waals surface area (Å²) in [4.78, 5) is 6.95. The van der Waals surface area contributed by atoms with Crippen LogP contribution in [0.2, 0.25) is 0 Å². The summed E-state index contributed by atoms with van der Waals surface area (Å²) in [6, 6.07) is 7.55. The summed E-state index contributed by atoms with van der Waals surface area (Å²) in [6.07, 6.45) is 4.62. The van der Waals surface area contributed by atoms with Crippen molar-refractivity contribution in [1.29, 1.82) is 0 Å². The topological polar surface area (TPSA) is 28.2 Å². The summed E-state index contributed by atoms with van der Waals surface area (Å²) in [7, 11) is 0. The Morgan fingerprint density at radius 3 is 2.74 bits per heavy atom. The van der Waals surface area contributed by atoms with Crippen molar-refractivity contribution in [3.63, 3.8) is 0 Å². The van der Waals surface area contributed by atoms with Crippen LogP contribution in [0.5, 0.6) is 0 Å².